The zero-order valence-corrected chi connectivity index (χ0v) is 7.48. The third-order valence-corrected chi connectivity index (χ3v) is 1.76. The normalized spacial score (nSPS) is 11.3. The Morgan fingerprint density at radius 1 is 1.09 bits per heavy atom. The monoisotopic (exact) mass is 194 g/mol. The number of hydrogen-bond acceptors (Lipinski definition) is 5. The standard InChI is InChI=1S/F2H2O5P2.2Li/c1-8(2,3)7-9(4,5)6;;/h(H2,4,5,6);;/q;2*+1/p-2. The first-order chi connectivity index (χ1) is 3.71. The third kappa shape index (κ3) is 18.4. The molecule has 0 amide bonds. The molecule has 0 aromatic rings. The first kappa shape index (κ1) is 18.2. The van der Waals surface area contributed by atoms with Gasteiger partial charge in [0.1, 0.15) is 0 Å². The van der Waals surface area contributed by atoms with Gasteiger partial charge in [-0.15, -0.1) is 8.39 Å². The van der Waals surface area contributed by atoms with Crippen LogP contribution in [0.1, 0.15) is 0 Å². The molecule has 0 aliphatic rings. The second kappa shape index (κ2) is 5.94. The van der Waals surface area contributed by atoms with Gasteiger partial charge in [-0.25, -0.2) is 8.88 Å². The van der Waals surface area contributed by atoms with E-state index in [4.69, 9.17) is 4.57 Å². The predicted octanol–water partition coefficient (Wildman–Crippen LogP) is -6.11. The maximum atomic E-state index is 11.0. The molecule has 5 nitrogen and oxygen atoms in total. The number of halogens is 2. The summed E-state index contributed by atoms with van der Waals surface area (Å²) in [6.45, 7) is 0. The molecule has 0 fully saturated rings. The van der Waals surface area contributed by atoms with Crippen LogP contribution < -0.4 is 47.5 Å². The maximum absolute atomic E-state index is 11.0. The number of rotatable bonds is 2. The minimum absolute atomic E-state index is 0. The predicted molar refractivity (Wildman–Crippen MR) is 18.5 cm³/mol. The van der Waals surface area contributed by atoms with Crippen LogP contribution in [0.5, 0.6) is 0 Å². The van der Waals surface area contributed by atoms with Gasteiger partial charge in [-0.2, -0.15) is 0 Å². The summed E-state index contributed by atoms with van der Waals surface area (Å²) in [5, 5.41) is 0. The van der Waals surface area contributed by atoms with Gasteiger partial charge in [0.2, 0.25) is 0 Å². The van der Waals surface area contributed by atoms with Crippen LogP contribution in [-0.2, 0) is 13.4 Å². The van der Waals surface area contributed by atoms with Crippen molar-refractivity contribution in [1.29, 1.82) is 0 Å². The molecular weight excluding hydrogens is 194 g/mol. The van der Waals surface area contributed by atoms with Gasteiger partial charge in [-0.3, -0.25) is 0 Å². The van der Waals surface area contributed by atoms with Crippen molar-refractivity contribution in [2.45, 2.75) is 0 Å². The molecule has 0 aliphatic heterocycles. The van der Waals surface area contributed by atoms with Crippen LogP contribution in [0.15, 0.2) is 0 Å². The third-order valence-electron chi connectivity index (χ3n) is 0.195. The molecule has 0 bridgehead atoms. The average molecular weight is 194 g/mol. The van der Waals surface area contributed by atoms with E-state index in [1.807, 2.05) is 0 Å². The van der Waals surface area contributed by atoms with Crippen LogP contribution in [0.3, 0.4) is 0 Å². The summed E-state index contributed by atoms with van der Waals surface area (Å²) in [5.74, 6) is 0. The molecule has 0 unspecified atom stereocenters. The van der Waals surface area contributed by atoms with Gasteiger partial charge in [-0.1, -0.05) is 0 Å². The second-order valence-corrected chi connectivity index (χ2v) is 3.32. The van der Waals surface area contributed by atoms with E-state index in [1.54, 1.807) is 0 Å². The molecule has 0 spiro atoms. The first-order valence-corrected chi connectivity index (χ1v) is 4.30. The Morgan fingerprint density at radius 3 is 1.36 bits per heavy atom. The quantitative estimate of drug-likeness (QED) is 0.322. The largest absolute Gasteiger partial charge is 1.00 e. The molecule has 0 aromatic carbocycles. The van der Waals surface area contributed by atoms with E-state index in [0.29, 0.717) is 0 Å². The summed E-state index contributed by atoms with van der Waals surface area (Å²) in [5.41, 5.74) is 0. The summed E-state index contributed by atoms with van der Waals surface area (Å²) < 4.78 is 42.6. The van der Waals surface area contributed by atoms with Crippen LogP contribution in [-0.4, -0.2) is 0 Å². The van der Waals surface area contributed by atoms with Crippen molar-refractivity contribution >= 4 is 15.8 Å². The molecule has 56 valence electrons. The molecule has 0 saturated heterocycles. The Balaban J connectivity index is -0.000000320. The number of hydrogen-bond donors (Lipinski definition) is 0. The Labute approximate surface area is 85.2 Å². The Kier molecular flexibility index (Phi) is 9.85. The van der Waals surface area contributed by atoms with Crippen molar-refractivity contribution < 1.29 is 69.3 Å². The Hall–Kier alpha value is 1.39. The topological polar surface area (TPSA) is 89.5 Å². The molecule has 0 aliphatic carbocycles. The number of phosphoric acid groups is 1. The molecule has 11 heavy (non-hydrogen) atoms. The van der Waals surface area contributed by atoms with Crippen LogP contribution in [0, 0.1) is 0 Å². The molecule has 0 heterocycles. The first-order valence-electron chi connectivity index (χ1n) is 1.43. The van der Waals surface area contributed by atoms with Crippen molar-refractivity contribution in [3.63, 3.8) is 0 Å². The van der Waals surface area contributed by atoms with E-state index in [2.05, 4.69) is 4.31 Å². The van der Waals surface area contributed by atoms with Crippen LogP contribution in [0.2, 0.25) is 0 Å². The molecule has 0 aromatic heterocycles. The molecule has 0 radical (unpaired) electrons. The molecule has 11 heteroatoms. The summed E-state index contributed by atoms with van der Waals surface area (Å²) in [6, 6.07) is 0. The van der Waals surface area contributed by atoms with Crippen molar-refractivity contribution in [2.24, 2.45) is 0 Å². The zero-order chi connectivity index (χ0) is 7.71. The van der Waals surface area contributed by atoms with Crippen molar-refractivity contribution in [3.05, 3.63) is 0 Å². The van der Waals surface area contributed by atoms with Crippen molar-refractivity contribution in [3.8, 4) is 0 Å². The van der Waals surface area contributed by atoms with Crippen molar-refractivity contribution in [1.82, 2.24) is 0 Å². The molecule has 0 rings (SSSR count). The maximum Gasteiger partial charge on any atom is 1.00 e. The van der Waals surface area contributed by atoms with Gasteiger partial charge in [-0.05, 0) is 0 Å². The minimum Gasteiger partial charge on any atom is -0.789 e. The van der Waals surface area contributed by atoms with Gasteiger partial charge in [0.15, 0.2) is 0 Å². The fourth-order valence-corrected chi connectivity index (χ4v) is 1.05. The fourth-order valence-electron chi connectivity index (χ4n) is 0.116. The SMILES string of the molecule is O=P([O-])([O-])OP(=O)(F)F.[Li+].[Li+]. The second-order valence-electron chi connectivity index (χ2n) is 0.943. The van der Waals surface area contributed by atoms with Gasteiger partial charge >= 0.3 is 45.7 Å². The van der Waals surface area contributed by atoms with Crippen molar-refractivity contribution in [2.75, 3.05) is 0 Å². The van der Waals surface area contributed by atoms with Crippen LogP contribution in [0.4, 0.5) is 8.39 Å². The smallest absolute Gasteiger partial charge is 0.789 e. The summed E-state index contributed by atoms with van der Waals surface area (Å²) in [6.07, 6.45) is 0. The van der Waals surface area contributed by atoms with Gasteiger partial charge in [0.05, 0.1) is 7.82 Å². The summed E-state index contributed by atoms with van der Waals surface area (Å²) >= 11 is 0. The van der Waals surface area contributed by atoms with E-state index >= 15 is 0 Å². The van der Waals surface area contributed by atoms with E-state index < -0.39 is 15.8 Å². The average Bonchev–Trinajstić information content (AvgIpc) is 1.14. The Morgan fingerprint density at radius 2 is 1.36 bits per heavy atom. The van der Waals surface area contributed by atoms with Crippen LogP contribution in [0.25, 0.3) is 0 Å². The molecule has 0 saturated carbocycles. The van der Waals surface area contributed by atoms with Crippen LogP contribution >= 0.6 is 15.8 Å². The van der Waals surface area contributed by atoms with Gasteiger partial charge in [0.25, 0.3) is 0 Å². The minimum atomic E-state index is -6.18. The summed E-state index contributed by atoms with van der Waals surface area (Å²) in [4.78, 5) is 18.5. The summed E-state index contributed by atoms with van der Waals surface area (Å²) in [7, 11) is -12.0. The van der Waals surface area contributed by atoms with E-state index in [1.165, 1.54) is 0 Å². The van der Waals surface area contributed by atoms with E-state index in [9.17, 15) is 22.7 Å². The zero-order valence-electron chi connectivity index (χ0n) is 5.69. The van der Waals surface area contributed by atoms with Gasteiger partial charge < -0.3 is 14.4 Å². The van der Waals surface area contributed by atoms with E-state index in [-0.39, 0.29) is 37.7 Å². The van der Waals surface area contributed by atoms with E-state index in [0.717, 1.165) is 0 Å². The fraction of sp³-hybridized carbons (Fsp3) is 0. The molecule has 0 atom stereocenters. The van der Waals surface area contributed by atoms with Gasteiger partial charge in [0, 0.05) is 0 Å². The Bertz CT molecular complexity index is 161. The molecular formula is F2Li2O5P2. The molecule has 0 N–H and O–H groups in total.